The molecule has 9 heteroatoms. The fourth-order valence-electron chi connectivity index (χ4n) is 4.92. The zero-order valence-electron chi connectivity index (χ0n) is 20.6. The first-order chi connectivity index (χ1) is 17.5. The molecule has 2 aliphatic heterocycles. The molecule has 36 heavy (non-hydrogen) atoms. The van der Waals surface area contributed by atoms with Gasteiger partial charge in [0.15, 0.2) is 11.5 Å². The van der Waals surface area contributed by atoms with Crippen LogP contribution in [-0.4, -0.2) is 56.9 Å². The van der Waals surface area contributed by atoms with Gasteiger partial charge in [0, 0.05) is 60.8 Å². The average Bonchev–Trinajstić information content (AvgIpc) is 3.38. The van der Waals surface area contributed by atoms with Crippen molar-refractivity contribution >= 4 is 22.8 Å². The van der Waals surface area contributed by atoms with Crippen LogP contribution in [0.2, 0.25) is 0 Å². The first-order valence-electron chi connectivity index (χ1n) is 12.4. The largest absolute Gasteiger partial charge is 0.495 e. The lowest BCUT2D eigenvalue weighted by Crippen LogP contribution is -2.42. The average molecular weight is 487 g/mol. The Morgan fingerprint density at radius 3 is 2.86 bits per heavy atom. The van der Waals surface area contributed by atoms with Crippen LogP contribution in [-0.2, 0) is 6.42 Å². The van der Waals surface area contributed by atoms with Gasteiger partial charge in [-0.2, -0.15) is 0 Å². The number of rotatable bonds is 5. The van der Waals surface area contributed by atoms with Gasteiger partial charge >= 0.3 is 0 Å². The number of nitrogens with zero attached hydrogens (tertiary/aromatic N) is 5. The number of nitrogens with one attached hydrogen (secondary N) is 1. The zero-order chi connectivity index (χ0) is 24.7. The molecule has 0 atom stereocenters. The van der Waals surface area contributed by atoms with E-state index in [1.54, 1.807) is 13.3 Å². The van der Waals surface area contributed by atoms with E-state index >= 15 is 0 Å². The summed E-state index contributed by atoms with van der Waals surface area (Å²) in [6.07, 6.45) is 10.9. The fourth-order valence-corrected chi connectivity index (χ4v) is 4.92. The molecule has 0 aliphatic carbocycles. The van der Waals surface area contributed by atoms with Crippen LogP contribution >= 0.6 is 0 Å². The van der Waals surface area contributed by atoms with Crippen LogP contribution < -0.4 is 19.7 Å². The van der Waals surface area contributed by atoms with E-state index in [0.717, 1.165) is 84.2 Å². The van der Waals surface area contributed by atoms with Gasteiger partial charge in [0.2, 0.25) is 5.88 Å². The molecule has 0 amide bonds. The van der Waals surface area contributed by atoms with Crippen molar-refractivity contribution in [1.29, 1.82) is 0 Å². The SMILES string of the molecule is COc1cc(Nc2nc(-c3cnc4c(c3)CCCO4)cn3ccnc23)ccc1N1CCC(C)(O)CC1. The summed E-state index contributed by atoms with van der Waals surface area (Å²) in [4.78, 5) is 16.2. The van der Waals surface area contributed by atoms with Gasteiger partial charge in [0.25, 0.3) is 0 Å². The maximum absolute atomic E-state index is 10.3. The lowest BCUT2D eigenvalue weighted by atomic mass is 9.93. The van der Waals surface area contributed by atoms with Gasteiger partial charge in [-0.05, 0) is 50.8 Å². The topological polar surface area (TPSA) is 97.0 Å². The number of hydrogen-bond acceptors (Lipinski definition) is 8. The Morgan fingerprint density at radius 2 is 2.03 bits per heavy atom. The fraction of sp³-hybridized carbons (Fsp3) is 0.370. The highest BCUT2D eigenvalue weighted by Gasteiger charge is 2.28. The highest BCUT2D eigenvalue weighted by molar-refractivity contribution is 5.76. The summed E-state index contributed by atoms with van der Waals surface area (Å²) in [5.74, 6) is 2.14. The van der Waals surface area contributed by atoms with Gasteiger partial charge in [-0.3, -0.25) is 0 Å². The van der Waals surface area contributed by atoms with Gasteiger partial charge in [-0.1, -0.05) is 0 Å². The monoisotopic (exact) mass is 486 g/mol. The predicted molar refractivity (Wildman–Crippen MR) is 138 cm³/mol. The lowest BCUT2D eigenvalue weighted by molar-refractivity contribution is 0.0350. The van der Waals surface area contributed by atoms with E-state index in [-0.39, 0.29) is 0 Å². The van der Waals surface area contributed by atoms with Crippen molar-refractivity contribution in [1.82, 2.24) is 19.4 Å². The molecule has 3 aromatic heterocycles. The molecule has 186 valence electrons. The minimum Gasteiger partial charge on any atom is -0.495 e. The predicted octanol–water partition coefficient (Wildman–Crippen LogP) is 4.22. The molecular formula is C27H30N6O3. The molecule has 1 aromatic carbocycles. The number of imidazole rings is 1. The van der Waals surface area contributed by atoms with E-state index in [1.807, 2.05) is 42.0 Å². The van der Waals surface area contributed by atoms with Gasteiger partial charge in [0.05, 0.1) is 30.7 Å². The number of aliphatic hydroxyl groups is 1. The molecule has 1 fully saturated rings. The third kappa shape index (κ3) is 4.30. The minimum atomic E-state index is -0.599. The molecule has 0 saturated carbocycles. The molecule has 0 bridgehead atoms. The van der Waals surface area contributed by atoms with Crippen LogP contribution in [0, 0.1) is 0 Å². The molecule has 0 spiro atoms. The van der Waals surface area contributed by atoms with Crippen LogP contribution in [0.3, 0.4) is 0 Å². The van der Waals surface area contributed by atoms with Crippen LogP contribution in [0.25, 0.3) is 16.9 Å². The number of benzene rings is 1. The van der Waals surface area contributed by atoms with Crippen LogP contribution in [0.1, 0.15) is 31.7 Å². The summed E-state index contributed by atoms with van der Waals surface area (Å²) in [6.45, 7) is 4.19. The number of piperidine rings is 1. The zero-order valence-corrected chi connectivity index (χ0v) is 20.6. The third-order valence-electron chi connectivity index (χ3n) is 7.05. The Hall–Kier alpha value is -3.85. The lowest BCUT2D eigenvalue weighted by Gasteiger charge is -2.37. The van der Waals surface area contributed by atoms with E-state index in [0.29, 0.717) is 12.4 Å². The van der Waals surface area contributed by atoms with Crippen molar-refractivity contribution in [2.24, 2.45) is 0 Å². The maximum Gasteiger partial charge on any atom is 0.216 e. The number of pyridine rings is 1. The summed E-state index contributed by atoms with van der Waals surface area (Å²) in [5, 5.41) is 13.8. The van der Waals surface area contributed by atoms with Gasteiger partial charge in [0.1, 0.15) is 5.75 Å². The smallest absolute Gasteiger partial charge is 0.216 e. The standard InChI is InChI=1S/C27H30N6O3/c1-27(34)7-10-32(11-8-27)22-6-5-20(15-23(22)35-2)30-24-25-28-9-12-33(25)17-21(31-24)19-14-18-4-3-13-36-26(18)29-16-19/h5-6,9,12,14-17,34H,3-4,7-8,10-11,13H2,1-2H3,(H,30,31). The second-order valence-electron chi connectivity index (χ2n) is 9.77. The van der Waals surface area contributed by atoms with Crippen molar-refractivity contribution in [3.05, 3.63) is 54.6 Å². The molecule has 4 aromatic rings. The Bertz CT molecular complexity index is 1410. The molecule has 2 aliphatic rings. The molecule has 5 heterocycles. The number of methoxy groups -OCH3 is 1. The van der Waals surface area contributed by atoms with Crippen molar-refractivity contribution in [3.63, 3.8) is 0 Å². The summed E-state index contributed by atoms with van der Waals surface area (Å²) < 4.78 is 13.4. The second-order valence-corrected chi connectivity index (χ2v) is 9.77. The molecule has 0 unspecified atom stereocenters. The molecule has 0 radical (unpaired) electrons. The maximum atomic E-state index is 10.3. The van der Waals surface area contributed by atoms with Crippen molar-refractivity contribution in [2.75, 3.05) is 37.0 Å². The number of aryl methyl sites for hydroxylation is 1. The van der Waals surface area contributed by atoms with E-state index < -0.39 is 5.60 Å². The van der Waals surface area contributed by atoms with Crippen molar-refractivity contribution < 1.29 is 14.6 Å². The third-order valence-corrected chi connectivity index (χ3v) is 7.05. The normalized spacial score (nSPS) is 16.9. The van der Waals surface area contributed by atoms with E-state index in [1.165, 1.54) is 0 Å². The van der Waals surface area contributed by atoms with E-state index in [4.69, 9.17) is 14.5 Å². The number of aromatic nitrogens is 4. The quantitative estimate of drug-likeness (QED) is 0.433. The number of ether oxygens (including phenoxy) is 2. The van der Waals surface area contributed by atoms with Crippen LogP contribution in [0.5, 0.6) is 11.6 Å². The van der Waals surface area contributed by atoms with Gasteiger partial charge in [-0.15, -0.1) is 0 Å². The molecule has 2 N–H and O–H groups in total. The Kier molecular flexibility index (Phi) is 5.64. The number of anilines is 3. The number of hydrogen-bond donors (Lipinski definition) is 2. The summed E-state index contributed by atoms with van der Waals surface area (Å²) in [6, 6.07) is 8.18. The van der Waals surface area contributed by atoms with Gasteiger partial charge in [-0.25, -0.2) is 15.0 Å². The van der Waals surface area contributed by atoms with Crippen molar-refractivity contribution in [3.8, 4) is 22.9 Å². The molecule has 1 saturated heterocycles. The van der Waals surface area contributed by atoms with Gasteiger partial charge < -0.3 is 29.2 Å². The summed E-state index contributed by atoms with van der Waals surface area (Å²) >= 11 is 0. The molecule has 6 rings (SSSR count). The summed E-state index contributed by atoms with van der Waals surface area (Å²) in [5.41, 5.74) is 4.85. The highest BCUT2D eigenvalue weighted by Crippen LogP contribution is 2.36. The van der Waals surface area contributed by atoms with E-state index in [2.05, 4.69) is 32.3 Å². The second kappa shape index (κ2) is 8.98. The minimum absolute atomic E-state index is 0.599. The van der Waals surface area contributed by atoms with Crippen molar-refractivity contribution in [2.45, 2.75) is 38.2 Å². The number of fused-ring (bicyclic) bond motifs is 2. The highest BCUT2D eigenvalue weighted by atomic mass is 16.5. The molecular weight excluding hydrogens is 456 g/mol. The Morgan fingerprint density at radius 1 is 1.17 bits per heavy atom. The van der Waals surface area contributed by atoms with Crippen LogP contribution in [0.4, 0.5) is 17.2 Å². The Labute approximate surface area is 209 Å². The Balaban J connectivity index is 1.31. The first-order valence-corrected chi connectivity index (χ1v) is 12.4. The van der Waals surface area contributed by atoms with Crippen LogP contribution in [0.15, 0.2) is 49.1 Å². The summed E-state index contributed by atoms with van der Waals surface area (Å²) in [7, 11) is 1.68. The first kappa shape index (κ1) is 22.6. The van der Waals surface area contributed by atoms with E-state index in [9.17, 15) is 5.11 Å². The molecule has 9 nitrogen and oxygen atoms in total.